The van der Waals surface area contributed by atoms with Gasteiger partial charge in [-0.2, -0.15) is 0 Å². The summed E-state index contributed by atoms with van der Waals surface area (Å²) in [5.41, 5.74) is 0.0433. The average Bonchev–Trinajstić information content (AvgIpc) is 2.47. The fourth-order valence-electron chi connectivity index (χ4n) is 2.21. The molecule has 3 heteroatoms. The minimum Gasteiger partial charge on any atom is -0.444 e. The molecule has 14 heavy (non-hydrogen) atoms. The summed E-state index contributed by atoms with van der Waals surface area (Å²) in [4.78, 5) is 13.5. The number of rotatable bonds is 0. The second-order valence-corrected chi connectivity index (χ2v) is 5.92. The summed E-state index contributed by atoms with van der Waals surface area (Å²) in [6.45, 7) is 9.75. The smallest absolute Gasteiger partial charge is 0.410 e. The van der Waals surface area contributed by atoms with Crippen LogP contribution < -0.4 is 0 Å². The number of likely N-dealkylation sites (tertiary alicyclic amines) is 1. The van der Waals surface area contributed by atoms with Gasteiger partial charge in [0.1, 0.15) is 5.60 Å². The van der Waals surface area contributed by atoms with Crippen LogP contribution in [0.25, 0.3) is 0 Å². The number of amides is 1. The molecule has 0 aromatic heterocycles. The molecule has 0 radical (unpaired) electrons. The third-order valence-corrected chi connectivity index (χ3v) is 3.18. The van der Waals surface area contributed by atoms with E-state index in [9.17, 15) is 4.79 Å². The number of piperidine rings is 1. The Hall–Kier alpha value is -0.730. The molecule has 1 amide bonds. The summed E-state index contributed by atoms with van der Waals surface area (Å²) in [5, 5.41) is 0. The molecule has 80 valence electrons. The van der Waals surface area contributed by atoms with Gasteiger partial charge in [-0.1, -0.05) is 6.92 Å². The molecule has 0 bridgehead atoms. The molecule has 1 heterocycles. The molecule has 0 aromatic carbocycles. The van der Waals surface area contributed by atoms with Gasteiger partial charge < -0.3 is 9.64 Å². The van der Waals surface area contributed by atoms with Crippen molar-refractivity contribution in [1.29, 1.82) is 0 Å². The van der Waals surface area contributed by atoms with Crippen molar-refractivity contribution in [2.24, 2.45) is 11.3 Å². The lowest BCUT2D eigenvalue weighted by atomic mass is 10.1. The van der Waals surface area contributed by atoms with Crippen molar-refractivity contribution < 1.29 is 9.53 Å². The lowest BCUT2D eigenvalue weighted by Gasteiger charge is -2.25. The van der Waals surface area contributed by atoms with Crippen LogP contribution >= 0.6 is 0 Å². The molecule has 0 N–H and O–H groups in total. The van der Waals surface area contributed by atoms with E-state index in [1.807, 2.05) is 25.7 Å². The number of hydrogen-bond acceptors (Lipinski definition) is 2. The van der Waals surface area contributed by atoms with Gasteiger partial charge in [0.2, 0.25) is 0 Å². The van der Waals surface area contributed by atoms with Gasteiger partial charge in [-0.25, -0.2) is 4.79 Å². The molecular formula is C11H19NO2. The Morgan fingerprint density at radius 3 is 2.57 bits per heavy atom. The van der Waals surface area contributed by atoms with Crippen molar-refractivity contribution in [1.82, 2.24) is 4.90 Å². The highest BCUT2D eigenvalue weighted by molar-refractivity contribution is 5.69. The molecular weight excluding hydrogens is 178 g/mol. The number of carbonyl (C=O) groups excluding carboxylic acids is 1. The fraction of sp³-hybridized carbons (Fsp3) is 0.909. The summed E-state index contributed by atoms with van der Waals surface area (Å²) in [5.74, 6) is 0.731. The predicted molar refractivity (Wildman–Crippen MR) is 54.0 cm³/mol. The number of fused-ring (bicyclic) bond motifs is 1. The molecule has 2 unspecified atom stereocenters. The summed E-state index contributed by atoms with van der Waals surface area (Å²) in [6.07, 6.45) is 1.14. The first-order valence-electron chi connectivity index (χ1n) is 5.28. The van der Waals surface area contributed by atoms with Crippen LogP contribution in [-0.2, 0) is 4.74 Å². The van der Waals surface area contributed by atoms with E-state index in [0.717, 1.165) is 19.0 Å². The fourth-order valence-corrected chi connectivity index (χ4v) is 2.21. The van der Waals surface area contributed by atoms with Crippen LogP contribution in [0.2, 0.25) is 0 Å². The van der Waals surface area contributed by atoms with Gasteiger partial charge in [0.25, 0.3) is 0 Å². The van der Waals surface area contributed by atoms with Gasteiger partial charge in [-0.05, 0) is 38.5 Å². The van der Waals surface area contributed by atoms with Crippen molar-refractivity contribution in [2.45, 2.75) is 39.7 Å². The van der Waals surface area contributed by atoms with Gasteiger partial charge in [0, 0.05) is 13.1 Å². The van der Waals surface area contributed by atoms with Crippen LogP contribution in [0.1, 0.15) is 34.1 Å². The third kappa shape index (κ3) is 1.72. The van der Waals surface area contributed by atoms with Crippen LogP contribution in [0.15, 0.2) is 0 Å². The first-order chi connectivity index (χ1) is 6.30. The van der Waals surface area contributed by atoms with Crippen molar-refractivity contribution in [3.8, 4) is 0 Å². The highest BCUT2D eigenvalue weighted by atomic mass is 16.6. The van der Waals surface area contributed by atoms with Gasteiger partial charge in [0.05, 0.1) is 0 Å². The first-order valence-corrected chi connectivity index (χ1v) is 5.28. The van der Waals surface area contributed by atoms with Gasteiger partial charge >= 0.3 is 6.09 Å². The van der Waals surface area contributed by atoms with E-state index < -0.39 is 0 Å². The minimum atomic E-state index is -0.370. The van der Waals surface area contributed by atoms with Crippen molar-refractivity contribution >= 4 is 6.09 Å². The van der Waals surface area contributed by atoms with Crippen LogP contribution in [0.5, 0.6) is 0 Å². The van der Waals surface area contributed by atoms with E-state index in [-0.39, 0.29) is 11.7 Å². The van der Waals surface area contributed by atoms with Crippen molar-refractivity contribution in [2.75, 3.05) is 13.1 Å². The molecule has 2 aliphatic rings. The topological polar surface area (TPSA) is 29.5 Å². The normalized spacial score (nSPS) is 35.4. The second-order valence-electron chi connectivity index (χ2n) is 5.92. The van der Waals surface area contributed by atoms with E-state index in [0.29, 0.717) is 5.41 Å². The Morgan fingerprint density at radius 2 is 2.14 bits per heavy atom. The minimum absolute atomic E-state index is 0.147. The summed E-state index contributed by atoms with van der Waals surface area (Å²) >= 11 is 0. The van der Waals surface area contributed by atoms with Crippen LogP contribution in [-0.4, -0.2) is 29.7 Å². The number of nitrogens with zero attached hydrogens (tertiary/aromatic N) is 1. The zero-order valence-corrected chi connectivity index (χ0v) is 9.46. The quantitative estimate of drug-likeness (QED) is 0.596. The van der Waals surface area contributed by atoms with E-state index in [1.54, 1.807) is 0 Å². The zero-order valence-electron chi connectivity index (χ0n) is 9.46. The Bertz CT molecular complexity index is 269. The molecule has 3 nitrogen and oxygen atoms in total. The molecule has 0 aromatic rings. The summed E-state index contributed by atoms with van der Waals surface area (Å²) in [7, 11) is 0. The molecule has 0 spiro atoms. The molecule has 2 rings (SSSR count). The Morgan fingerprint density at radius 1 is 1.50 bits per heavy atom. The predicted octanol–water partition coefficient (Wildman–Crippen LogP) is 2.26. The third-order valence-electron chi connectivity index (χ3n) is 3.18. The molecule has 2 atom stereocenters. The maximum absolute atomic E-state index is 11.7. The lowest BCUT2D eigenvalue weighted by Crippen LogP contribution is -2.37. The maximum atomic E-state index is 11.7. The number of hydrogen-bond donors (Lipinski definition) is 0. The maximum Gasteiger partial charge on any atom is 0.410 e. The van der Waals surface area contributed by atoms with E-state index in [1.165, 1.54) is 6.42 Å². The van der Waals surface area contributed by atoms with Crippen LogP contribution in [0.4, 0.5) is 4.79 Å². The Labute approximate surface area is 85.4 Å². The van der Waals surface area contributed by atoms with Gasteiger partial charge in [-0.3, -0.25) is 0 Å². The number of ether oxygens (including phenoxy) is 1. The SMILES string of the molecule is CC(C)(C)OC(=O)N1CC2CC2(C)C1. The van der Waals surface area contributed by atoms with Crippen molar-refractivity contribution in [3.05, 3.63) is 0 Å². The van der Waals surface area contributed by atoms with E-state index in [4.69, 9.17) is 4.74 Å². The average molecular weight is 197 g/mol. The molecule has 2 fully saturated rings. The van der Waals surface area contributed by atoms with Crippen LogP contribution in [0.3, 0.4) is 0 Å². The van der Waals surface area contributed by atoms with Gasteiger partial charge in [0.15, 0.2) is 0 Å². The molecule has 1 saturated heterocycles. The molecule has 1 aliphatic carbocycles. The summed E-state index contributed by atoms with van der Waals surface area (Å²) < 4.78 is 5.32. The second kappa shape index (κ2) is 2.65. The molecule has 1 aliphatic heterocycles. The first kappa shape index (κ1) is 9.81. The highest BCUT2D eigenvalue weighted by Crippen LogP contribution is 2.57. The van der Waals surface area contributed by atoms with Gasteiger partial charge in [-0.15, -0.1) is 0 Å². The number of carbonyl (C=O) groups is 1. The largest absolute Gasteiger partial charge is 0.444 e. The monoisotopic (exact) mass is 197 g/mol. The zero-order chi connectivity index (χ0) is 10.6. The Kier molecular flexibility index (Phi) is 1.85. The van der Waals surface area contributed by atoms with Crippen molar-refractivity contribution in [3.63, 3.8) is 0 Å². The highest BCUT2D eigenvalue weighted by Gasteiger charge is 2.57. The van der Waals surface area contributed by atoms with Crippen LogP contribution in [0, 0.1) is 11.3 Å². The van der Waals surface area contributed by atoms with E-state index in [2.05, 4.69) is 6.92 Å². The lowest BCUT2D eigenvalue weighted by molar-refractivity contribution is 0.0264. The molecule has 1 saturated carbocycles. The summed E-state index contributed by atoms with van der Waals surface area (Å²) in [6, 6.07) is 0. The standard InChI is InChI=1S/C11H19NO2/c1-10(2,3)14-9(13)12-6-8-5-11(8,4)7-12/h8H,5-7H2,1-4H3. The Balaban J connectivity index is 1.89. The van der Waals surface area contributed by atoms with E-state index >= 15 is 0 Å².